The maximum absolute atomic E-state index is 10.6. The number of rotatable bonds is 1. The van der Waals surface area contributed by atoms with Crippen molar-refractivity contribution >= 4 is 17.7 Å². The Hall–Kier alpha value is -1.40. The molecule has 1 aromatic carbocycles. The molecule has 0 saturated heterocycles. The van der Waals surface area contributed by atoms with E-state index in [2.05, 4.69) is 12.6 Å². The van der Waals surface area contributed by atoms with Crippen molar-refractivity contribution in [1.29, 1.82) is 0 Å². The monoisotopic (exact) mass is 203 g/mol. The van der Waals surface area contributed by atoms with Crippen LogP contribution >= 0.6 is 12.6 Å². The molecule has 0 amide bonds. The van der Waals surface area contributed by atoms with Crippen LogP contribution in [0.2, 0.25) is 0 Å². The summed E-state index contributed by atoms with van der Waals surface area (Å²) in [4.78, 5) is 10.6. The molecule has 13 heavy (non-hydrogen) atoms. The topological polar surface area (TPSA) is 113 Å². The molecule has 6 N–H and O–H groups in total. The summed E-state index contributed by atoms with van der Waals surface area (Å²) in [7, 11) is 0. The Balaban J connectivity index is 0.00000144. The second kappa shape index (κ2) is 4.01. The van der Waals surface area contributed by atoms with Gasteiger partial charge in [-0.1, -0.05) is 0 Å². The minimum absolute atomic E-state index is 0. The Morgan fingerprint density at radius 2 is 1.54 bits per heavy atom. The van der Waals surface area contributed by atoms with Crippen LogP contribution in [0.1, 0.15) is 10.4 Å². The molecule has 72 valence electrons. The van der Waals surface area contributed by atoms with Crippen molar-refractivity contribution in [3.05, 3.63) is 17.7 Å². The molecule has 1 aromatic rings. The van der Waals surface area contributed by atoms with E-state index in [1.54, 1.807) is 0 Å². The zero-order chi connectivity index (χ0) is 9.30. The lowest BCUT2D eigenvalue weighted by molar-refractivity contribution is 0.109. The average molecular weight is 203 g/mol. The molecule has 0 heterocycles. The maximum Gasteiger partial charge on any atom is 0.216 e. The van der Waals surface area contributed by atoms with Crippen molar-refractivity contribution in [1.82, 2.24) is 6.15 Å². The highest BCUT2D eigenvalue weighted by molar-refractivity contribution is 7.97. The smallest absolute Gasteiger partial charge is 0.216 e. The standard InChI is InChI=1S/C7H6O4S.H3N/c8-4-1-3(7(11)12)2-5(9)6(4)10;/h1-2,8-10H,(H,11,12);1H3. The number of carbonyl (C=O) groups is 1. The van der Waals surface area contributed by atoms with Gasteiger partial charge in [0.2, 0.25) is 5.12 Å². The highest BCUT2D eigenvalue weighted by Gasteiger charge is 2.10. The van der Waals surface area contributed by atoms with Gasteiger partial charge in [-0.25, -0.2) is 0 Å². The first-order valence-corrected chi connectivity index (χ1v) is 3.45. The van der Waals surface area contributed by atoms with Gasteiger partial charge in [0.05, 0.1) is 0 Å². The first-order chi connectivity index (χ1) is 5.52. The van der Waals surface area contributed by atoms with Crippen molar-refractivity contribution < 1.29 is 20.1 Å². The molecule has 0 aliphatic heterocycles. The first-order valence-electron chi connectivity index (χ1n) is 3.00. The summed E-state index contributed by atoms with van der Waals surface area (Å²) in [5.41, 5.74) is 0.0196. The Labute approximate surface area is 79.6 Å². The molecule has 0 aromatic heterocycles. The van der Waals surface area contributed by atoms with Crippen LogP contribution in [0.25, 0.3) is 0 Å². The van der Waals surface area contributed by atoms with Gasteiger partial charge >= 0.3 is 0 Å². The Kier molecular flexibility index (Phi) is 3.58. The van der Waals surface area contributed by atoms with Crippen molar-refractivity contribution in [3.63, 3.8) is 0 Å². The predicted octanol–water partition coefficient (Wildman–Crippen LogP) is 1.04. The van der Waals surface area contributed by atoms with E-state index in [4.69, 9.17) is 15.3 Å². The molecule has 0 radical (unpaired) electrons. The minimum Gasteiger partial charge on any atom is -0.504 e. The summed E-state index contributed by atoms with van der Waals surface area (Å²) in [5.74, 6) is -1.74. The molecule has 0 atom stereocenters. The zero-order valence-electron chi connectivity index (χ0n) is 6.56. The number of hydrogen-bond donors (Lipinski definition) is 5. The van der Waals surface area contributed by atoms with E-state index in [9.17, 15) is 4.79 Å². The Morgan fingerprint density at radius 1 is 1.15 bits per heavy atom. The quantitative estimate of drug-likeness (QED) is 0.345. The van der Waals surface area contributed by atoms with Gasteiger partial charge in [-0.3, -0.25) is 4.79 Å². The number of phenolic OH excluding ortho intramolecular Hbond substituents is 3. The fourth-order valence-corrected chi connectivity index (χ4v) is 0.857. The van der Waals surface area contributed by atoms with Gasteiger partial charge in [0.25, 0.3) is 0 Å². The van der Waals surface area contributed by atoms with Crippen LogP contribution in [-0.2, 0) is 0 Å². The third-order valence-electron chi connectivity index (χ3n) is 1.32. The van der Waals surface area contributed by atoms with Gasteiger partial charge in [0.15, 0.2) is 17.2 Å². The number of phenols is 3. The van der Waals surface area contributed by atoms with Crippen LogP contribution in [0.3, 0.4) is 0 Å². The largest absolute Gasteiger partial charge is 0.504 e. The number of hydrogen-bond acceptors (Lipinski definition) is 5. The lowest BCUT2D eigenvalue weighted by atomic mass is 10.2. The molecule has 6 heteroatoms. The third kappa shape index (κ3) is 2.27. The summed E-state index contributed by atoms with van der Waals surface area (Å²) < 4.78 is 0. The molecule has 0 aliphatic rings. The number of benzene rings is 1. The zero-order valence-corrected chi connectivity index (χ0v) is 7.45. The Bertz CT molecular complexity index is 316. The lowest BCUT2D eigenvalue weighted by Crippen LogP contribution is -1.87. The molecular formula is C7H9NO4S. The highest BCUT2D eigenvalue weighted by Crippen LogP contribution is 2.35. The van der Waals surface area contributed by atoms with Crippen molar-refractivity contribution in [2.75, 3.05) is 0 Å². The van der Waals surface area contributed by atoms with Crippen LogP contribution in [0.5, 0.6) is 17.2 Å². The molecular weight excluding hydrogens is 194 g/mol. The van der Waals surface area contributed by atoms with Gasteiger partial charge in [0.1, 0.15) is 0 Å². The van der Waals surface area contributed by atoms with Crippen molar-refractivity contribution in [2.24, 2.45) is 0 Å². The molecule has 1 rings (SSSR count). The molecule has 0 spiro atoms. The van der Waals surface area contributed by atoms with E-state index in [1.165, 1.54) is 0 Å². The summed E-state index contributed by atoms with van der Waals surface area (Å²) in [5, 5.41) is 26.1. The summed E-state index contributed by atoms with van der Waals surface area (Å²) in [6.07, 6.45) is 0. The van der Waals surface area contributed by atoms with Crippen LogP contribution in [0.4, 0.5) is 0 Å². The van der Waals surface area contributed by atoms with E-state index in [0.717, 1.165) is 12.1 Å². The van der Waals surface area contributed by atoms with Gasteiger partial charge in [-0.2, -0.15) is 0 Å². The maximum atomic E-state index is 10.6. The number of carbonyl (C=O) groups excluding carboxylic acids is 1. The first kappa shape index (κ1) is 11.6. The van der Waals surface area contributed by atoms with E-state index < -0.39 is 22.4 Å². The normalized spacial score (nSPS) is 9.00. The summed E-state index contributed by atoms with van der Waals surface area (Å²) >= 11 is 3.47. The molecule has 5 nitrogen and oxygen atoms in total. The van der Waals surface area contributed by atoms with Crippen LogP contribution in [0, 0.1) is 0 Å². The van der Waals surface area contributed by atoms with E-state index >= 15 is 0 Å². The van der Waals surface area contributed by atoms with Crippen LogP contribution in [-0.4, -0.2) is 20.4 Å². The summed E-state index contributed by atoms with van der Waals surface area (Å²) in [6, 6.07) is 2.04. The van der Waals surface area contributed by atoms with E-state index in [-0.39, 0.29) is 11.7 Å². The SMILES string of the molecule is N.O=C(S)c1cc(O)c(O)c(O)c1. The number of aromatic hydroxyl groups is 3. The van der Waals surface area contributed by atoms with E-state index in [0.29, 0.717) is 0 Å². The fourth-order valence-electron chi connectivity index (χ4n) is 0.728. The second-order valence-corrected chi connectivity index (χ2v) is 2.57. The second-order valence-electron chi connectivity index (χ2n) is 2.17. The molecule has 0 unspecified atom stereocenters. The lowest BCUT2D eigenvalue weighted by Gasteiger charge is -2.01. The van der Waals surface area contributed by atoms with Crippen molar-refractivity contribution in [3.8, 4) is 17.2 Å². The van der Waals surface area contributed by atoms with Crippen LogP contribution in [0.15, 0.2) is 12.1 Å². The van der Waals surface area contributed by atoms with Gasteiger partial charge in [-0.15, -0.1) is 12.6 Å². The Morgan fingerprint density at radius 3 is 1.85 bits per heavy atom. The molecule has 0 saturated carbocycles. The highest BCUT2D eigenvalue weighted by atomic mass is 32.1. The number of thiol groups is 1. The fraction of sp³-hybridized carbons (Fsp3) is 0. The van der Waals surface area contributed by atoms with Gasteiger partial charge < -0.3 is 21.5 Å². The molecule has 0 fully saturated rings. The van der Waals surface area contributed by atoms with Crippen molar-refractivity contribution in [2.45, 2.75) is 0 Å². The third-order valence-corrected chi connectivity index (χ3v) is 1.57. The van der Waals surface area contributed by atoms with E-state index in [1.807, 2.05) is 0 Å². The predicted molar refractivity (Wildman–Crippen MR) is 49.8 cm³/mol. The average Bonchev–Trinajstić information content (AvgIpc) is 1.99. The van der Waals surface area contributed by atoms with Gasteiger partial charge in [0, 0.05) is 5.56 Å². The minimum atomic E-state index is -0.645. The van der Waals surface area contributed by atoms with Crippen LogP contribution < -0.4 is 6.15 Å². The summed E-state index contributed by atoms with van der Waals surface area (Å²) in [6.45, 7) is 0. The molecule has 0 aliphatic carbocycles. The molecule has 0 bridgehead atoms. The van der Waals surface area contributed by atoms with Gasteiger partial charge in [-0.05, 0) is 12.1 Å².